The zero-order valence-corrected chi connectivity index (χ0v) is 14.4. The summed E-state index contributed by atoms with van der Waals surface area (Å²) in [6.07, 6.45) is 17.4. The average Bonchev–Trinajstić information content (AvgIpc) is 2.62. The molecule has 0 saturated carbocycles. The first-order chi connectivity index (χ1) is 11.8. The molecule has 24 heavy (non-hydrogen) atoms. The fraction of sp³-hybridized carbons (Fsp3) is 0.318. The summed E-state index contributed by atoms with van der Waals surface area (Å²) >= 11 is 0. The Hall–Kier alpha value is -2.53. The van der Waals surface area contributed by atoms with Gasteiger partial charge < -0.3 is 4.74 Å². The third-order valence-electron chi connectivity index (χ3n) is 3.36. The Morgan fingerprint density at radius 1 is 1.00 bits per heavy atom. The molecule has 2 heteroatoms. The average molecular weight is 322 g/mol. The standard InChI is InChI=1S/C22H26O2/c1-24-22(23)20-16-11-9-7-5-3-2-4-6-8-10-13-17-21-18-14-12-15-19-21/h4,6,8,10,12-15,17-19H,5,7,9,11,16,20H2,1H3/b6-4+,10-8+,17-13+. The molecule has 0 unspecified atom stereocenters. The maximum Gasteiger partial charge on any atom is 0.305 e. The highest BCUT2D eigenvalue weighted by atomic mass is 16.5. The normalized spacial score (nSPS) is 11.0. The lowest BCUT2D eigenvalue weighted by Crippen LogP contribution is -1.98. The van der Waals surface area contributed by atoms with Gasteiger partial charge in [-0.05, 0) is 24.5 Å². The lowest BCUT2D eigenvalue weighted by molar-refractivity contribution is -0.140. The Bertz CT molecular complexity index is 598. The molecule has 0 amide bonds. The van der Waals surface area contributed by atoms with E-state index in [4.69, 9.17) is 0 Å². The van der Waals surface area contributed by atoms with Crippen LogP contribution < -0.4 is 0 Å². The minimum Gasteiger partial charge on any atom is -0.469 e. The molecule has 126 valence electrons. The molecular weight excluding hydrogens is 296 g/mol. The number of unbranched alkanes of at least 4 members (excludes halogenated alkanes) is 4. The highest BCUT2D eigenvalue weighted by Gasteiger charge is 1.98. The van der Waals surface area contributed by atoms with Crippen LogP contribution in [0.25, 0.3) is 6.08 Å². The van der Waals surface area contributed by atoms with Gasteiger partial charge in [-0.15, -0.1) is 0 Å². The number of hydrogen-bond donors (Lipinski definition) is 0. The van der Waals surface area contributed by atoms with Gasteiger partial charge in [-0.2, -0.15) is 0 Å². The number of carbonyl (C=O) groups excluding carboxylic acids is 1. The number of rotatable bonds is 9. The number of carbonyl (C=O) groups is 1. The Labute approximate surface area is 145 Å². The summed E-state index contributed by atoms with van der Waals surface area (Å²) in [4.78, 5) is 10.9. The van der Waals surface area contributed by atoms with Gasteiger partial charge in [0.1, 0.15) is 0 Å². The smallest absolute Gasteiger partial charge is 0.305 e. The molecule has 0 radical (unpaired) electrons. The van der Waals surface area contributed by atoms with Gasteiger partial charge in [0.25, 0.3) is 0 Å². The predicted octanol–water partition coefficient (Wildman–Crippen LogP) is 5.33. The van der Waals surface area contributed by atoms with Crippen molar-refractivity contribution in [1.82, 2.24) is 0 Å². The first kappa shape index (κ1) is 19.5. The molecule has 0 spiro atoms. The van der Waals surface area contributed by atoms with Crippen LogP contribution in [-0.4, -0.2) is 13.1 Å². The largest absolute Gasteiger partial charge is 0.469 e. The SMILES string of the molecule is COC(=O)CCCCCCC#C/C=C/C=C/C=C/c1ccccc1. The van der Waals surface area contributed by atoms with E-state index in [0.717, 1.165) is 32.1 Å². The molecule has 0 saturated heterocycles. The molecule has 0 aliphatic carbocycles. The van der Waals surface area contributed by atoms with Crippen LogP contribution in [0.2, 0.25) is 0 Å². The van der Waals surface area contributed by atoms with Gasteiger partial charge >= 0.3 is 5.97 Å². The van der Waals surface area contributed by atoms with E-state index in [2.05, 4.69) is 34.8 Å². The zero-order valence-electron chi connectivity index (χ0n) is 14.4. The van der Waals surface area contributed by atoms with Crippen LogP contribution in [0.3, 0.4) is 0 Å². The van der Waals surface area contributed by atoms with Gasteiger partial charge in [-0.25, -0.2) is 0 Å². The van der Waals surface area contributed by atoms with Crippen molar-refractivity contribution in [3.63, 3.8) is 0 Å². The van der Waals surface area contributed by atoms with Crippen molar-refractivity contribution in [3.8, 4) is 11.8 Å². The van der Waals surface area contributed by atoms with Crippen LogP contribution in [-0.2, 0) is 9.53 Å². The summed E-state index contributed by atoms with van der Waals surface area (Å²) in [5.74, 6) is 6.05. The van der Waals surface area contributed by atoms with E-state index in [1.807, 2.05) is 48.6 Å². The first-order valence-corrected chi connectivity index (χ1v) is 8.43. The molecule has 0 N–H and O–H groups in total. The van der Waals surface area contributed by atoms with Gasteiger partial charge in [-0.1, -0.05) is 85.4 Å². The second-order valence-corrected chi connectivity index (χ2v) is 5.33. The van der Waals surface area contributed by atoms with Crippen molar-refractivity contribution >= 4 is 12.0 Å². The number of allylic oxidation sites excluding steroid dienone is 5. The van der Waals surface area contributed by atoms with Crippen molar-refractivity contribution in [3.05, 3.63) is 66.3 Å². The molecule has 1 rings (SSSR count). The van der Waals surface area contributed by atoms with E-state index in [0.29, 0.717) is 6.42 Å². The highest BCUT2D eigenvalue weighted by molar-refractivity contribution is 5.68. The second kappa shape index (κ2) is 14.1. The molecule has 0 bridgehead atoms. The van der Waals surface area contributed by atoms with E-state index in [9.17, 15) is 4.79 Å². The van der Waals surface area contributed by atoms with Crippen LogP contribution in [0, 0.1) is 11.8 Å². The third kappa shape index (κ3) is 11.1. The summed E-state index contributed by atoms with van der Waals surface area (Å²) in [6.45, 7) is 0. The van der Waals surface area contributed by atoms with Crippen molar-refractivity contribution < 1.29 is 9.53 Å². The molecule has 0 atom stereocenters. The van der Waals surface area contributed by atoms with Crippen molar-refractivity contribution in [1.29, 1.82) is 0 Å². The number of hydrogen-bond acceptors (Lipinski definition) is 2. The van der Waals surface area contributed by atoms with Crippen molar-refractivity contribution in [2.75, 3.05) is 7.11 Å². The topological polar surface area (TPSA) is 26.3 Å². The summed E-state index contributed by atoms with van der Waals surface area (Å²) in [7, 11) is 1.43. The van der Waals surface area contributed by atoms with E-state index in [-0.39, 0.29) is 5.97 Å². The first-order valence-electron chi connectivity index (χ1n) is 8.43. The highest BCUT2D eigenvalue weighted by Crippen LogP contribution is 2.05. The summed E-state index contributed by atoms with van der Waals surface area (Å²) in [6, 6.07) is 10.2. The molecule has 2 nitrogen and oxygen atoms in total. The van der Waals surface area contributed by atoms with Gasteiger partial charge in [-0.3, -0.25) is 4.79 Å². The quantitative estimate of drug-likeness (QED) is 0.266. The molecule has 1 aromatic carbocycles. The fourth-order valence-corrected chi connectivity index (χ4v) is 2.03. The molecule has 0 fully saturated rings. The monoisotopic (exact) mass is 322 g/mol. The van der Waals surface area contributed by atoms with E-state index in [1.165, 1.54) is 12.7 Å². The molecule has 1 aromatic rings. The summed E-state index contributed by atoms with van der Waals surface area (Å²) < 4.78 is 4.60. The fourth-order valence-electron chi connectivity index (χ4n) is 2.03. The minimum atomic E-state index is -0.119. The number of benzene rings is 1. The Balaban J connectivity index is 2.05. The Morgan fingerprint density at radius 3 is 2.54 bits per heavy atom. The van der Waals surface area contributed by atoms with E-state index in [1.54, 1.807) is 0 Å². The van der Waals surface area contributed by atoms with E-state index >= 15 is 0 Å². The summed E-state index contributed by atoms with van der Waals surface area (Å²) in [5, 5.41) is 0. The minimum absolute atomic E-state index is 0.119. The Morgan fingerprint density at radius 2 is 1.75 bits per heavy atom. The van der Waals surface area contributed by atoms with Crippen LogP contribution in [0.1, 0.15) is 44.1 Å². The van der Waals surface area contributed by atoms with Crippen LogP contribution in [0.15, 0.2) is 60.7 Å². The van der Waals surface area contributed by atoms with Gasteiger partial charge in [0, 0.05) is 12.8 Å². The number of methoxy groups -OCH3 is 1. The third-order valence-corrected chi connectivity index (χ3v) is 3.36. The van der Waals surface area contributed by atoms with Gasteiger partial charge in [0.15, 0.2) is 0 Å². The zero-order chi connectivity index (χ0) is 17.3. The number of ether oxygens (including phenoxy) is 1. The molecule has 0 heterocycles. The van der Waals surface area contributed by atoms with Crippen molar-refractivity contribution in [2.24, 2.45) is 0 Å². The molecular formula is C22H26O2. The van der Waals surface area contributed by atoms with Gasteiger partial charge in [0.05, 0.1) is 7.11 Å². The Kier molecular flexibility index (Phi) is 11.5. The van der Waals surface area contributed by atoms with Crippen LogP contribution in [0.4, 0.5) is 0 Å². The van der Waals surface area contributed by atoms with E-state index < -0.39 is 0 Å². The second-order valence-electron chi connectivity index (χ2n) is 5.33. The maximum absolute atomic E-state index is 10.9. The van der Waals surface area contributed by atoms with Crippen LogP contribution >= 0.6 is 0 Å². The molecule has 0 aromatic heterocycles. The number of esters is 1. The van der Waals surface area contributed by atoms with Crippen molar-refractivity contribution in [2.45, 2.75) is 38.5 Å². The lowest BCUT2D eigenvalue weighted by Gasteiger charge is -1.98. The van der Waals surface area contributed by atoms with Crippen LogP contribution in [0.5, 0.6) is 0 Å². The van der Waals surface area contributed by atoms with Gasteiger partial charge in [0.2, 0.25) is 0 Å². The summed E-state index contributed by atoms with van der Waals surface area (Å²) in [5.41, 5.74) is 1.19. The predicted molar refractivity (Wildman–Crippen MR) is 101 cm³/mol. The lowest BCUT2D eigenvalue weighted by atomic mass is 10.1. The molecule has 0 aliphatic heterocycles. The molecule has 0 aliphatic rings. The maximum atomic E-state index is 10.9.